The Bertz CT molecular complexity index is 842. The number of ether oxygens (including phenoxy) is 2. The van der Waals surface area contributed by atoms with E-state index in [0.29, 0.717) is 29.3 Å². The van der Waals surface area contributed by atoms with E-state index in [1.54, 1.807) is 32.7 Å². The number of carbonyl (C=O) groups is 1. The van der Waals surface area contributed by atoms with Gasteiger partial charge in [0.25, 0.3) is 5.91 Å². The highest BCUT2D eigenvalue weighted by Gasteiger charge is 2.11. The Kier molecular flexibility index (Phi) is 4.14. The van der Waals surface area contributed by atoms with Crippen LogP contribution in [-0.2, 0) is 6.54 Å². The largest absolute Gasteiger partial charge is 0.493 e. The fourth-order valence-electron chi connectivity index (χ4n) is 2.39. The number of benzene rings is 1. The van der Waals surface area contributed by atoms with Crippen LogP contribution in [0.2, 0.25) is 0 Å². The molecule has 1 aromatic carbocycles. The smallest absolute Gasteiger partial charge is 0.255 e. The summed E-state index contributed by atoms with van der Waals surface area (Å²) in [7, 11) is 3.17. The number of amides is 1. The van der Waals surface area contributed by atoms with Gasteiger partial charge in [-0.3, -0.25) is 4.79 Å². The molecule has 0 aliphatic rings. The van der Waals surface area contributed by atoms with Gasteiger partial charge < -0.3 is 19.2 Å². The first-order chi connectivity index (χ1) is 11.2. The number of fused-ring (bicyclic) bond motifs is 1. The number of pyridine rings is 1. The second-order valence-corrected chi connectivity index (χ2v) is 4.95. The Morgan fingerprint density at radius 2 is 2.00 bits per heavy atom. The normalized spacial score (nSPS) is 10.5. The number of rotatable bonds is 5. The number of aromatic nitrogens is 2. The fourth-order valence-corrected chi connectivity index (χ4v) is 2.39. The molecule has 6 nitrogen and oxygen atoms in total. The zero-order valence-corrected chi connectivity index (χ0v) is 12.9. The van der Waals surface area contributed by atoms with Crippen molar-refractivity contribution >= 4 is 11.6 Å². The summed E-state index contributed by atoms with van der Waals surface area (Å²) in [5.74, 6) is 1.12. The standard InChI is InChI=1S/C17H17N3O3/c1-22-14-6-5-12(10-15(14)23-2)11-19-17(21)13-4-3-8-20-9-7-18-16(13)20/h3-10H,11H2,1-2H3,(H,19,21). The van der Waals surface area contributed by atoms with E-state index in [1.807, 2.05) is 34.9 Å². The van der Waals surface area contributed by atoms with Gasteiger partial charge in [-0.2, -0.15) is 0 Å². The van der Waals surface area contributed by atoms with E-state index in [1.165, 1.54) is 0 Å². The van der Waals surface area contributed by atoms with Gasteiger partial charge in [-0.15, -0.1) is 0 Å². The highest BCUT2D eigenvalue weighted by molar-refractivity contribution is 5.99. The molecule has 2 aromatic heterocycles. The number of imidazole rings is 1. The van der Waals surface area contributed by atoms with Crippen LogP contribution in [0.4, 0.5) is 0 Å². The molecule has 3 aromatic rings. The topological polar surface area (TPSA) is 64.9 Å². The van der Waals surface area contributed by atoms with Crippen LogP contribution in [0.25, 0.3) is 5.65 Å². The predicted octanol–water partition coefficient (Wildman–Crippen LogP) is 2.28. The maximum Gasteiger partial charge on any atom is 0.255 e. The SMILES string of the molecule is COc1ccc(CNC(=O)c2cccn3ccnc23)cc1OC. The van der Waals surface area contributed by atoms with E-state index >= 15 is 0 Å². The third kappa shape index (κ3) is 2.96. The third-order valence-electron chi connectivity index (χ3n) is 3.56. The van der Waals surface area contributed by atoms with Gasteiger partial charge in [0.1, 0.15) is 5.65 Å². The summed E-state index contributed by atoms with van der Waals surface area (Å²) in [6, 6.07) is 9.12. The van der Waals surface area contributed by atoms with Gasteiger partial charge in [-0.25, -0.2) is 4.98 Å². The molecule has 0 aliphatic heterocycles. The molecule has 1 amide bonds. The molecule has 118 valence electrons. The molecule has 0 atom stereocenters. The van der Waals surface area contributed by atoms with E-state index in [9.17, 15) is 4.79 Å². The van der Waals surface area contributed by atoms with E-state index in [2.05, 4.69) is 10.3 Å². The van der Waals surface area contributed by atoms with Crippen molar-refractivity contribution in [1.29, 1.82) is 0 Å². The minimum Gasteiger partial charge on any atom is -0.493 e. The average molecular weight is 311 g/mol. The van der Waals surface area contributed by atoms with Crippen LogP contribution in [0.1, 0.15) is 15.9 Å². The summed E-state index contributed by atoms with van der Waals surface area (Å²) in [6.45, 7) is 0.390. The van der Waals surface area contributed by atoms with Gasteiger partial charge in [-0.1, -0.05) is 6.07 Å². The lowest BCUT2D eigenvalue weighted by molar-refractivity contribution is 0.0952. The van der Waals surface area contributed by atoms with Crippen LogP contribution < -0.4 is 14.8 Å². The molecule has 0 fully saturated rings. The first kappa shape index (κ1) is 14.9. The van der Waals surface area contributed by atoms with Crippen molar-refractivity contribution in [3.63, 3.8) is 0 Å². The van der Waals surface area contributed by atoms with Crippen molar-refractivity contribution in [2.75, 3.05) is 14.2 Å². The summed E-state index contributed by atoms with van der Waals surface area (Å²) in [5.41, 5.74) is 2.10. The Balaban J connectivity index is 1.75. The first-order valence-corrected chi connectivity index (χ1v) is 7.13. The number of methoxy groups -OCH3 is 2. The Labute approximate surface area is 133 Å². The molecule has 0 spiro atoms. The summed E-state index contributed by atoms with van der Waals surface area (Å²) < 4.78 is 12.3. The molecule has 1 N–H and O–H groups in total. The average Bonchev–Trinajstić information content (AvgIpc) is 3.07. The van der Waals surface area contributed by atoms with Crippen LogP contribution in [0.3, 0.4) is 0 Å². The van der Waals surface area contributed by atoms with Crippen LogP contribution in [0.5, 0.6) is 11.5 Å². The van der Waals surface area contributed by atoms with Gasteiger partial charge in [0.2, 0.25) is 0 Å². The molecular weight excluding hydrogens is 294 g/mol. The number of nitrogens with one attached hydrogen (secondary N) is 1. The zero-order valence-electron chi connectivity index (χ0n) is 12.9. The van der Waals surface area contributed by atoms with Crippen molar-refractivity contribution in [3.05, 3.63) is 60.0 Å². The molecule has 6 heteroatoms. The molecule has 0 bridgehead atoms. The van der Waals surface area contributed by atoms with E-state index in [0.717, 1.165) is 5.56 Å². The summed E-state index contributed by atoms with van der Waals surface area (Å²) in [5, 5.41) is 2.90. The van der Waals surface area contributed by atoms with Crippen LogP contribution in [0, 0.1) is 0 Å². The van der Waals surface area contributed by atoms with E-state index in [-0.39, 0.29) is 5.91 Å². The highest BCUT2D eigenvalue weighted by atomic mass is 16.5. The van der Waals surface area contributed by atoms with Crippen LogP contribution in [0.15, 0.2) is 48.9 Å². The van der Waals surface area contributed by atoms with Crippen molar-refractivity contribution in [1.82, 2.24) is 14.7 Å². The number of hydrogen-bond acceptors (Lipinski definition) is 4. The van der Waals surface area contributed by atoms with Crippen molar-refractivity contribution in [3.8, 4) is 11.5 Å². The Morgan fingerprint density at radius 1 is 1.17 bits per heavy atom. The first-order valence-electron chi connectivity index (χ1n) is 7.13. The van der Waals surface area contributed by atoms with Gasteiger partial charge in [0.15, 0.2) is 11.5 Å². The second-order valence-electron chi connectivity index (χ2n) is 4.95. The van der Waals surface area contributed by atoms with E-state index in [4.69, 9.17) is 9.47 Å². The lowest BCUT2D eigenvalue weighted by Gasteiger charge is -2.10. The third-order valence-corrected chi connectivity index (χ3v) is 3.56. The van der Waals surface area contributed by atoms with Crippen molar-refractivity contribution in [2.24, 2.45) is 0 Å². The molecule has 0 unspecified atom stereocenters. The minimum absolute atomic E-state index is 0.170. The molecule has 0 radical (unpaired) electrons. The van der Waals surface area contributed by atoms with Crippen LogP contribution in [-0.4, -0.2) is 29.5 Å². The Hall–Kier alpha value is -3.02. The van der Waals surface area contributed by atoms with Gasteiger partial charge in [0.05, 0.1) is 19.8 Å². The summed E-state index contributed by atoms with van der Waals surface area (Å²) >= 11 is 0. The fraction of sp³-hybridized carbons (Fsp3) is 0.176. The van der Waals surface area contributed by atoms with Gasteiger partial charge >= 0.3 is 0 Å². The maximum absolute atomic E-state index is 12.4. The monoisotopic (exact) mass is 311 g/mol. The van der Waals surface area contributed by atoms with Crippen molar-refractivity contribution < 1.29 is 14.3 Å². The maximum atomic E-state index is 12.4. The van der Waals surface area contributed by atoms with E-state index < -0.39 is 0 Å². The molecule has 0 aliphatic carbocycles. The summed E-state index contributed by atoms with van der Waals surface area (Å²) in [4.78, 5) is 16.6. The molecule has 23 heavy (non-hydrogen) atoms. The molecule has 3 rings (SSSR count). The van der Waals surface area contributed by atoms with Crippen molar-refractivity contribution in [2.45, 2.75) is 6.54 Å². The number of carbonyl (C=O) groups excluding carboxylic acids is 1. The second kappa shape index (κ2) is 6.39. The summed E-state index contributed by atoms with van der Waals surface area (Å²) in [6.07, 6.45) is 5.33. The van der Waals surface area contributed by atoms with Crippen LogP contribution >= 0.6 is 0 Å². The predicted molar refractivity (Wildman–Crippen MR) is 85.9 cm³/mol. The lowest BCUT2D eigenvalue weighted by atomic mass is 10.2. The molecule has 0 saturated heterocycles. The molecule has 2 heterocycles. The Morgan fingerprint density at radius 3 is 2.78 bits per heavy atom. The van der Waals surface area contributed by atoms with Gasteiger partial charge in [0, 0.05) is 25.1 Å². The van der Waals surface area contributed by atoms with Gasteiger partial charge in [-0.05, 0) is 29.8 Å². The minimum atomic E-state index is -0.170. The number of nitrogens with zero attached hydrogens (tertiary/aromatic N) is 2. The number of hydrogen-bond donors (Lipinski definition) is 1. The molecular formula is C17H17N3O3. The lowest BCUT2D eigenvalue weighted by Crippen LogP contribution is -2.23. The molecule has 0 saturated carbocycles. The zero-order chi connectivity index (χ0) is 16.2. The highest BCUT2D eigenvalue weighted by Crippen LogP contribution is 2.27. The quantitative estimate of drug-likeness (QED) is 0.785.